The van der Waals surface area contributed by atoms with Gasteiger partial charge in [-0.25, -0.2) is 0 Å². The van der Waals surface area contributed by atoms with Crippen LogP contribution in [0.3, 0.4) is 0 Å². The average Bonchev–Trinajstić information content (AvgIpc) is 2.28. The maximum atomic E-state index is 12.2. The molecule has 0 amide bonds. The van der Waals surface area contributed by atoms with Crippen LogP contribution in [0.5, 0.6) is 0 Å². The molecule has 1 aliphatic heterocycles. The lowest BCUT2D eigenvalue weighted by Crippen LogP contribution is -2.44. The summed E-state index contributed by atoms with van der Waals surface area (Å²) in [4.78, 5) is 12.8. The number of carbonyl (C=O) groups excluding carboxylic acids is 1. The van der Waals surface area contributed by atoms with Crippen LogP contribution in [0.4, 0.5) is 13.2 Å². The van der Waals surface area contributed by atoms with Crippen molar-refractivity contribution in [1.82, 2.24) is 10.2 Å². The number of esters is 1. The molecule has 4 nitrogen and oxygen atoms in total. The Bertz CT molecular complexity index is 276. The Kier molecular flexibility index (Phi) is 5.40. The minimum atomic E-state index is -4.16. The van der Waals surface area contributed by atoms with Crippen molar-refractivity contribution in [3.8, 4) is 0 Å². The van der Waals surface area contributed by atoms with Gasteiger partial charge in [0, 0.05) is 13.1 Å². The van der Waals surface area contributed by atoms with Crippen LogP contribution in [0.25, 0.3) is 0 Å². The number of carbonyl (C=O) groups is 1. The molecular weight excluding hydrogens is 249 g/mol. The van der Waals surface area contributed by atoms with Crippen LogP contribution >= 0.6 is 0 Å². The lowest BCUT2D eigenvalue weighted by Gasteiger charge is -2.32. The molecule has 1 rings (SSSR count). The number of halogens is 3. The molecule has 1 unspecified atom stereocenters. The first kappa shape index (κ1) is 15.2. The summed E-state index contributed by atoms with van der Waals surface area (Å²) in [5.41, 5.74) is 0. The Labute approximate surface area is 104 Å². The van der Waals surface area contributed by atoms with Gasteiger partial charge in [-0.05, 0) is 26.8 Å². The van der Waals surface area contributed by atoms with Gasteiger partial charge >= 0.3 is 12.1 Å². The van der Waals surface area contributed by atoms with Crippen molar-refractivity contribution in [2.75, 3.05) is 26.7 Å². The maximum Gasteiger partial charge on any atom is 0.401 e. The number of ether oxygens (including phenoxy) is 1. The van der Waals surface area contributed by atoms with Gasteiger partial charge in [0.05, 0.1) is 6.54 Å². The van der Waals surface area contributed by atoms with E-state index in [1.807, 2.05) is 0 Å². The van der Waals surface area contributed by atoms with Crippen LogP contribution in [0.15, 0.2) is 0 Å². The van der Waals surface area contributed by atoms with E-state index in [1.165, 1.54) is 4.90 Å². The highest BCUT2D eigenvalue weighted by Crippen LogP contribution is 2.21. The number of likely N-dealkylation sites (tertiary alicyclic amines) is 1. The molecule has 0 bridgehead atoms. The quantitative estimate of drug-likeness (QED) is 0.777. The number of piperidine rings is 1. The second-order valence-electron chi connectivity index (χ2n) is 4.54. The number of rotatable bonds is 4. The van der Waals surface area contributed by atoms with Crippen molar-refractivity contribution < 1.29 is 22.7 Å². The molecule has 18 heavy (non-hydrogen) atoms. The van der Waals surface area contributed by atoms with Crippen LogP contribution in [-0.4, -0.2) is 55.9 Å². The summed E-state index contributed by atoms with van der Waals surface area (Å²) in [6.45, 7) is 1.42. The largest absolute Gasteiger partial charge is 0.461 e. The van der Waals surface area contributed by atoms with Gasteiger partial charge in [0.25, 0.3) is 0 Å². The first-order valence-corrected chi connectivity index (χ1v) is 5.98. The van der Waals surface area contributed by atoms with E-state index < -0.39 is 18.8 Å². The van der Waals surface area contributed by atoms with Gasteiger partial charge in [0.1, 0.15) is 12.1 Å². The van der Waals surface area contributed by atoms with Gasteiger partial charge < -0.3 is 10.1 Å². The van der Waals surface area contributed by atoms with E-state index in [2.05, 4.69) is 5.32 Å². The third-order valence-corrected chi connectivity index (χ3v) is 3.01. The standard InChI is InChI=1S/C11H19F3N2O2/c1-8(15-2)10(17)18-9-3-5-16(6-4-9)7-11(12,13)14/h8-9,15H,3-7H2,1-2H3. The van der Waals surface area contributed by atoms with E-state index in [0.717, 1.165) is 0 Å². The van der Waals surface area contributed by atoms with E-state index in [-0.39, 0.29) is 12.1 Å². The number of nitrogens with one attached hydrogen (secondary N) is 1. The number of alkyl halides is 3. The van der Waals surface area contributed by atoms with Gasteiger partial charge in [-0.3, -0.25) is 9.69 Å². The summed E-state index contributed by atoms with van der Waals surface area (Å²) >= 11 is 0. The molecule has 1 N–H and O–H groups in total. The molecule has 0 aromatic rings. The fourth-order valence-electron chi connectivity index (χ4n) is 1.82. The van der Waals surface area contributed by atoms with Crippen molar-refractivity contribution in [2.45, 2.75) is 38.1 Å². The van der Waals surface area contributed by atoms with Crippen molar-refractivity contribution in [1.29, 1.82) is 0 Å². The fourth-order valence-corrected chi connectivity index (χ4v) is 1.82. The van der Waals surface area contributed by atoms with Crippen LogP contribution in [0.2, 0.25) is 0 Å². The Morgan fingerprint density at radius 2 is 2.00 bits per heavy atom. The monoisotopic (exact) mass is 268 g/mol. The zero-order chi connectivity index (χ0) is 13.8. The zero-order valence-corrected chi connectivity index (χ0v) is 10.6. The number of likely N-dealkylation sites (N-methyl/N-ethyl adjacent to an activating group) is 1. The van der Waals surface area contributed by atoms with Gasteiger partial charge in [-0.1, -0.05) is 0 Å². The summed E-state index contributed by atoms with van der Waals surface area (Å²) in [5.74, 6) is -0.355. The van der Waals surface area contributed by atoms with E-state index in [1.54, 1.807) is 14.0 Å². The summed E-state index contributed by atoms with van der Waals surface area (Å²) in [6, 6.07) is -0.391. The first-order valence-electron chi connectivity index (χ1n) is 5.98. The third-order valence-electron chi connectivity index (χ3n) is 3.01. The van der Waals surface area contributed by atoms with E-state index >= 15 is 0 Å². The topological polar surface area (TPSA) is 41.6 Å². The Balaban J connectivity index is 2.29. The Morgan fingerprint density at radius 1 is 1.44 bits per heavy atom. The predicted octanol–water partition coefficient (Wildman–Crippen LogP) is 1.16. The van der Waals surface area contributed by atoms with Gasteiger partial charge in [0.15, 0.2) is 0 Å². The Hall–Kier alpha value is -0.820. The van der Waals surface area contributed by atoms with Crippen LogP contribution < -0.4 is 5.32 Å². The van der Waals surface area contributed by atoms with E-state index in [0.29, 0.717) is 25.9 Å². The third kappa shape index (κ3) is 5.22. The molecule has 1 saturated heterocycles. The zero-order valence-electron chi connectivity index (χ0n) is 10.6. The van der Waals surface area contributed by atoms with Crippen molar-refractivity contribution >= 4 is 5.97 Å². The first-order chi connectivity index (χ1) is 8.31. The molecule has 106 valence electrons. The molecule has 0 aliphatic carbocycles. The summed E-state index contributed by atoms with van der Waals surface area (Å²) in [7, 11) is 1.65. The van der Waals surface area contributed by atoms with E-state index in [9.17, 15) is 18.0 Å². The van der Waals surface area contributed by atoms with E-state index in [4.69, 9.17) is 4.74 Å². The maximum absolute atomic E-state index is 12.2. The summed E-state index contributed by atoms with van der Waals surface area (Å²) in [5, 5.41) is 2.76. The fraction of sp³-hybridized carbons (Fsp3) is 0.909. The highest BCUT2D eigenvalue weighted by atomic mass is 19.4. The number of nitrogens with zero attached hydrogens (tertiary/aromatic N) is 1. The molecule has 0 aromatic carbocycles. The highest BCUT2D eigenvalue weighted by molar-refractivity contribution is 5.75. The molecule has 1 heterocycles. The molecule has 0 radical (unpaired) electrons. The molecule has 0 aromatic heterocycles. The molecule has 0 saturated carbocycles. The van der Waals surface area contributed by atoms with Crippen molar-refractivity contribution in [3.63, 3.8) is 0 Å². The Morgan fingerprint density at radius 3 is 2.44 bits per heavy atom. The SMILES string of the molecule is CNC(C)C(=O)OC1CCN(CC(F)(F)F)CC1. The molecule has 1 atom stereocenters. The minimum Gasteiger partial charge on any atom is -0.461 e. The molecule has 7 heteroatoms. The highest BCUT2D eigenvalue weighted by Gasteiger charge is 2.33. The van der Waals surface area contributed by atoms with Gasteiger partial charge in [-0.2, -0.15) is 13.2 Å². The molecular formula is C11H19F3N2O2. The van der Waals surface area contributed by atoms with Crippen molar-refractivity contribution in [3.05, 3.63) is 0 Å². The molecule has 0 spiro atoms. The minimum absolute atomic E-state index is 0.266. The second kappa shape index (κ2) is 6.38. The molecule has 1 aliphatic rings. The van der Waals surface area contributed by atoms with Crippen LogP contribution in [0, 0.1) is 0 Å². The predicted molar refractivity (Wildman–Crippen MR) is 60.1 cm³/mol. The number of hydrogen-bond acceptors (Lipinski definition) is 4. The van der Waals surface area contributed by atoms with Crippen molar-refractivity contribution in [2.24, 2.45) is 0 Å². The van der Waals surface area contributed by atoms with Crippen LogP contribution in [-0.2, 0) is 9.53 Å². The molecule has 1 fully saturated rings. The summed E-state index contributed by atoms with van der Waals surface area (Å²) in [6.07, 6.45) is -3.52. The lowest BCUT2D eigenvalue weighted by atomic mass is 10.1. The van der Waals surface area contributed by atoms with Gasteiger partial charge in [0.2, 0.25) is 0 Å². The number of hydrogen-bond donors (Lipinski definition) is 1. The normalized spacial score (nSPS) is 20.7. The second-order valence-corrected chi connectivity index (χ2v) is 4.54. The smallest absolute Gasteiger partial charge is 0.401 e. The lowest BCUT2D eigenvalue weighted by molar-refractivity contribution is -0.161. The average molecular weight is 268 g/mol. The van der Waals surface area contributed by atoms with Crippen LogP contribution in [0.1, 0.15) is 19.8 Å². The summed E-state index contributed by atoms with van der Waals surface area (Å²) < 4.78 is 41.7. The van der Waals surface area contributed by atoms with Gasteiger partial charge in [-0.15, -0.1) is 0 Å².